The summed E-state index contributed by atoms with van der Waals surface area (Å²) in [6, 6.07) is 3.59. The second-order valence-corrected chi connectivity index (χ2v) is 8.06. The Labute approximate surface area is 154 Å². The minimum absolute atomic E-state index is 0.261. The van der Waals surface area contributed by atoms with Crippen LogP contribution in [0.2, 0.25) is 0 Å². The van der Waals surface area contributed by atoms with E-state index in [9.17, 15) is 9.90 Å². The fourth-order valence-electron chi connectivity index (χ4n) is 4.71. The normalized spacial score (nSPS) is 21.6. The summed E-state index contributed by atoms with van der Waals surface area (Å²) in [5, 5.41) is 11.9. The van der Waals surface area contributed by atoms with E-state index in [0.29, 0.717) is 12.0 Å². The van der Waals surface area contributed by atoms with Crippen LogP contribution in [0.3, 0.4) is 0 Å². The number of fused-ring (bicyclic) bond motifs is 2. The van der Waals surface area contributed by atoms with Crippen LogP contribution in [0.4, 0.5) is 0 Å². The zero-order chi connectivity index (χ0) is 18.3. The first-order chi connectivity index (χ1) is 12.5. The van der Waals surface area contributed by atoms with Crippen LogP contribution in [0.5, 0.6) is 5.75 Å². The molecule has 0 saturated heterocycles. The molecule has 0 amide bonds. The Morgan fingerprint density at radius 2 is 2.00 bits per heavy atom. The van der Waals surface area contributed by atoms with Crippen molar-refractivity contribution in [2.45, 2.75) is 83.3 Å². The Balaban J connectivity index is 1.86. The van der Waals surface area contributed by atoms with E-state index in [0.717, 1.165) is 72.8 Å². The Bertz CT molecular complexity index is 874. The standard InChI is InChI=1S/C22H28O4/c1-3-4-8-15-11-19(24)25-20-14(2)21-17(12-16(15)20)18(23)13-22(26-21)9-6-5-7-10-22/h11-12,18,23H,3-10,13H2,1-2H3. The molecule has 26 heavy (non-hydrogen) atoms. The molecule has 1 atom stereocenters. The zero-order valence-electron chi connectivity index (χ0n) is 15.8. The fraction of sp³-hybridized carbons (Fsp3) is 0.591. The summed E-state index contributed by atoms with van der Waals surface area (Å²) < 4.78 is 12.1. The molecule has 2 aliphatic rings. The van der Waals surface area contributed by atoms with Crippen LogP contribution in [0.1, 0.15) is 81.1 Å². The number of aliphatic hydroxyl groups is 1. The Morgan fingerprint density at radius 1 is 1.23 bits per heavy atom. The van der Waals surface area contributed by atoms with E-state index in [1.54, 1.807) is 6.07 Å². The molecule has 2 heterocycles. The van der Waals surface area contributed by atoms with Gasteiger partial charge in [0.25, 0.3) is 0 Å². The monoisotopic (exact) mass is 356 g/mol. The Kier molecular flexibility index (Phi) is 4.55. The molecule has 2 aromatic rings. The highest BCUT2D eigenvalue weighted by Gasteiger charge is 2.42. The minimum Gasteiger partial charge on any atom is -0.486 e. The Morgan fingerprint density at radius 3 is 2.73 bits per heavy atom. The van der Waals surface area contributed by atoms with Gasteiger partial charge >= 0.3 is 5.63 Å². The van der Waals surface area contributed by atoms with Gasteiger partial charge < -0.3 is 14.3 Å². The summed E-state index contributed by atoms with van der Waals surface area (Å²) in [4.78, 5) is 12.1. The first-order valence-corrected chi connectivity index (χ1v) is 10.0. The summed E-state index contributed by atoms with van der Waals surface area (Å²) in [7, 11) is 0. The van der Waals surface area contributed by atoms with Crippen LogP contribution in [0, 0.1) is 6.92 Å². The van der Waals surface area contributed by atoms with Gasteiger partial charge in [-0.2, -0.15) is 0 Å². The quantitative estimate of drug-likeness (QED) is 0.790. The van der Waals surface area contributed by atoms with E-state index in [1.165, 1.54) is 6.42 Å². The number of hydrogen-bond acceptors (Lipinski definition) is 4. The van der Waals surface area contributed by atoms with Crippen molar-refractivity contribution < 1.29 is 14.3 Å². The summed E-state index contributed by atoms with van der Waals surface area (Å²) in [6.07, 6.45) is 8.57. The largest absolute Gasteiger partial charge is 0.486 e. The second-order valence-electron chi connectivity index (χ2n) is 8.06. The number of rotatable bonds is 3. The van der Waals surface area contributed by atoms with Crippen molar-refractivity contribution >= 4 is 11.0 Å². The van der Waals surface area contributed by atoms with Crippen LogP contribution in [0.25, 0.3) is 11.0 Å². The number of benzene rings is 1. The maximum Gasteiger partial charge on any atom is 0.336 e. The van der Waals surface area contributed by atoms with Crippen LogP contribution in [-0.2, 0) is 6.42 Å². The smallest absolute Gasteiger partial charge is 0.336 e. The van der Waals surface area contributed by atoms with Crippen molar-refractivity contribution in [2.75, 3.05) is 0 Å². The summed E-state index contributed by atoms with van der Waals surface area (Å²) >= 11 is 0. The highest BCUT2D eigenvalue weighted by atomic mass is 16.5. The first-order valence-electron chi connectivity index (χ1n) is 10.0. The number of hydrogen-bond donors (Lipinski definition) is 1. The van der Waals surface area contributed by atoms with Gasteiger partial charge in [0.1, 0.15) is 16.9 Å². The molecule has 140 valence electrons. The van der Waals surface area contributed by atoms with Gasteiger partial charge in [0.05, 0.1) is 6.10 Å². The molecule has 1 aromatic carbocycles. The van der Waals surface area contributed by atoms with E-state index >= 15 is 0 Å². The molecule has 1 saturated carbocycles. The van der Waals surface area contributed by atoms with Gasteiger partial charge in [0.15, 0.2) is 0 Å². The van der Waals surface area contributed by atoms with Crippen molar-refractivity contribution in [3.63, 3.8) is 0 Å². The van der Waals surface area contributed by atoms with Gasteiger partial charge in [0.2, 0.25) is 0 Å². The number of aryl methyl sites for hydroxylation is 2. The fourth-order valence-corrected chi connectivity index (χ4v) is 4.71. The van der Waals surface area contributed by atoms with Crippen LogP contribution >= 0.6 is 0 Å². The molecule has 1 fully saturated rings. The van der Waals surface area contributed by atoms with E-state index in [-0.39, 0.29) is 11.2 Å². The molecule has 1 aromatic heterocycles. The predicted molar refractivity (Wildman–Crippen MR) is 102 cm³/mol. The lowest BCUT2D eigenvalue weighted by molar-refractivity contribution is -0.0385. The molecule has 0 bridgehead atoms. The van der Waals surface area contributed by atoms with Crippen LogP contribution in [0.15, 0.2) is 21.3 Å². The summed E-state index contributed by atoms with van der Waals surface area (Å²) in [6.45, 7) is 4.09. The maximum atomic E-state index is 12.1. The average molecular weight is 356 g/mol. The van der Waals surface area contributed by atoms with Gasteiger partial charge in [-0.15, -0.1) is 0 Å². The molecule has 1 N–H and O–H groups in total. The van der Waals surface area contributed by atoms with Crippen molar-refractivity contribution in [1.29, 1.82) is 0 Å². The molecule has 1 spiro atoms. The van der Waals surface area contributed by atoms with E-state index < -0.39 is 6.10 Å². The number of ether oxygens (including phenoxy) is 1. The zero-order valence-corrected chi connectivity index (χ0v) is 15.8. The second kappa shape index (κ2) is 6.73. The summed E-state index contributed by atoms with van der Waals surface area (Å²) in [5.41, 5.74) is 2.74. The van der Waals surface area contributed by atoms with Crippen LogP contribution in [-0.4, -0.2) is 10.7 Å². The topological polar surface area (TPSA) is 59.7 Å². The third-order valence-electron chi connectivity index (χ3n) is 6.14. The minimum atomic E-state index is -0.522. The van der Waals surface area contributed by atoms with E-state index in [1.807, 2.05) is 13.0 Å². The van der Waals surface area contributed by atoms with Gasteiger partial charge in [-0.1, -0.05) is 19.8 Å². The van der Waals surface area contributed by atoms with Crippen molar-refractivity contribution in [3.05, 3.63) is 39.2 Å². The van der Waals surface area contributed by atoms with Gasteiger partial charge in [-0.05, 0) is 57.1 Å². The molecule has 4 nitrogen and oxygen atoms in total. The molecule has 1 aliphatic carbocycles. The van der Waals surface area contributed by atoms with Crippen molar-refractivity contribution in [3.8, 4) is 5.75 Å². The number of unbranched alkanes of at least 4 members (excludes halogenated alkanes) is 1. The molecule has 1 unspecified atom stereocenters. The third-order valence-corrected chi connectivity index (χ3v) is 6.14. The third kappa shape index (κ3) is 2.94. The molecule has 4 heteroatoms. The molecular weight excluding hydrogens is 328 g/mol. The molecule has 1 aliphatic heterocycles. The molecule has 4 rings (SSSR count). The first kappa shape index (κ1) is 17.6. The molecule has 0 radical (unpaired) electrons. The lowest BCUT2D eigenvalue weighted by Gasteiger charge is -2.43. The van der Waals surface area contributed by atoms with Gasteiger partial charge in [0, 0.05) is 29.0 Å². The highest BCUT2D eigenvalue weighted by molar-refractivity contribution is 5.86. The van der Waals surface area contributed by atoms with Crippen LogP contribution < -0.4 is 10.4 Å². The van der Waals surface area contributed by atoms with Gasteiger partial charge in [-0.25, -0.2) is 4.79 Å². The van der Waals surface area contributed by atoms with Crippen molar-refractivity contribution in [1.82, 2.24) is 0 Å². The van der Waals surface area contributed by atoms with Gasteiger partial charge in [-0.3, -0.25) is 0 Å². The molecular formula is C22H28O4. The number of aliphatic hydroxyl groups excluding tert-OH is 1. The summed E-state index contributed by atoms with van der Waals surface area (Å²) in [5.74, 6) is 0.731. The SMILES string of the molecule is CCCCc1cc(=O)oc2c(C)c3c(cc12)C(O)CC1(CCCCC1)O3. The van der Waals surface area contributed by atoms with E-state index in [2.05, 4.69) is 6.92 Å². The predicted octanol–water partition coefficient (Wildman–Crippen LogP) is 4.96. The maximum absolute atomic E-state index is 12.1. The lowest BCUT2D eigenvalue weighted by Crippen LogP contribution is -2.43. The average Bonchev–Trinajstić information content (AvgIpc) is 2.62. The van der Waals surface area contributed by atoms with Crippen molar-refractivity contribution in [2.24, 2.45) is 0 Å². The highest BCUT2D eigenvalue weighted by Crippen LogP contribution is 2.49. The lowest BCUT2D eigenvalue weighted by atomic mass is 9.77. The Hall–Kier alpha value is -1.81. The van der Waals surface area contributed by atoms with E-state index in [4.69, 9.17) is 9.15 Å².